The van der Waals surface area contributed by atoms with Crippen molar-refractivity contribution >= 4 is 18.4 Å². The van der Waals surface area contributed by atoms with E-state index in [1.165, 1.54) is 6.21 Å². The monoisotopic (exact) mass is 168 g/mol. The van der Waals surface area contributed by atoms with E-state index in [9.17, 15) is 0 Å². The fraction of sp³-hybridized carbons (Fsp3) is 0.143. The van der Waals surface area contributed by atoms with Crippen LogP contribution in [-0.4, -0.2) is 16.4 Å². The quantitative estimate of drug-likeness (QED) is 0.291. The van der Waals surface area contributed by atoms with Crippen LogP contribution in [0, 0.1) is 11.6 Å². The van der Waals surface area contributed by atoms with E-state index in [0.29, 0.717) is 4.64 Å². The van der Waals surface area contributed by atoms with Gasteiger partial charge in [-0.2, -0.15) is 0 Å². The Hall–Kier alpha value is -1.16. The number of hydrogen-bond acceptors (Lipinski definition) is 3. The van der Waals surface area contributed by atoms with Gasteiger partial charge in [-0.1, -0.05) is 17.4 Å². The second-order valence-electron chi connectivity index (χ2n) is 2.19. The summed E-state index contributed by atoms with van der Waals surface area (Å²) in [5, 5.41) is 11.1. The summed E-state index contributed by atoms with van der Waals surface area (Å²) in [5.74, 6) is 0. The van der Waals surface area contributed by atoms with Crippen molar-refractivity contribution in [2.24, 2.45) is 5.16 Å². The third-order valence-corrected chi connectivity index (χ3v) is 1.76. The molecule has 0 saturated heterocycles. The number of oxime groups is 1. The summed E-state index contributed by atoms with van der Waals surface area (Å²) in [6, 6.07) is 1.85. The Morgan fingerprint density at radius 1 is 1.73 bits per heavy atom. The minimum atomic E-state index is 0.708. The van der Waals surface area contributed by atoms with Crippen LogP contribution in [0.15, 0.2) is 17.4 Å². The van der Waals surface area contributed by atoms with Gasteiger partial charge in [0.25, 0.3) is 0 Å². The van der Waals surface area contributed by atoms with Crippen LogP contribution in [0.4, 0.5) is 0 Å². The number of H-pyrrole nitrogens is 1. The molecule has 0 aliphatic heterocycles. The van der Waals surface area contributed by atoms with E-state index in [-0.39, 0.29) is 0 Å². The Bertz CT molecular complexity index is 329. The predicted molar refractivity (Wildman–Crippen MR) is 45.7 cm³/mol. The first kappa shape index (κ1) is 7.94. The number of hydrogen-bond donors (Lipinski definition) is 2. The first-order valence-corrected chi connectivity index (χ1v) is 3.51. The summed E-state index contributed by atoms with van der Waals surface area (Å²) >= 11 is 4.93. The molecule has 0 fully saturated rings. The first-order valence-electron chi connectivity index (χ1n) is 3.11. The van der Waals surface area contributed by atoms with E-state index in [1.807, 2.05) is 13.0 Å². The first-order chi connectivity index (χ1) is 5.24. The Labute approximate surface area is 69.4 Å². The number of aromatic nitrogens is 1. The summed E-state index contributed by atoms with van der Waals surface area (Å²) < 4.78 is 0.708. The van der Waals surface area contributed by atoms with Crippen LogP contribution >= 0.6 is 12.2 Å². The largest absolute Gasteiger partial charge is 0.411 e. The van der Waals surface area contributed by atoms with Gasteiger partial charge in [0, 0.05) is 11.8 Å². The molecule has 0 aromatic carbocycles. The lowest BCUT2D eigenvalue weighted by Crippen LogP contribution is -1.86. The lowest BCUT2D eigenvalue weighted by molar-refractivity contribution is 0.322. The lowest BCUT2D eigenvalue weighted by Gasteiger charge is -1.94. The zero-order valence-corrected chi connectivity index (χ0v) is 6.85. The standard InChI is InChI=1S/C7H8N2OS/c1-5-2-6(4-9-10)3-8-7(5)11/h2-4,10H,1H3,(H,8,11)/b9-4+. The SMILES string of the molecule is Cc1cc(/C=N/O)c[nH]c1=S. The van der Waals surface area contributed by atoms with Gasteiger partial charge in [0.2, 0.25) is 0 Å². The normalized spacial score (nSPS) is 10.6. The second-order valence-corrected chi connectivity index (χ2v) is 2.60. The van der Waals surface area contributed by atoms with E-state index in [2.05, 4.69) is 10.1 Å². The Balaban J connectivity index is 3.15. The van der Waals surface area contributed by atoms with Crippen LogP contribution in [0.5, 0.6) is 0 Å². The third kappa shape index (κ3) is 1.88. The summed E-state index contributed by atoms with van der Waals surface area (Å²) in [6.07, 6.45) is 3.04. The molecule has 4 heteroatoms. The maximum Gasteiger partial charge on any atom is 0.106 e. The van der Waals surface area contributed by atoms with Gasteiger partial charge in [0.05, 0.1) is 6.21 Å². The molecule has 1 aromatic rings. The number of aromatic amines is 1. The maximum atomic E-state index is 8.21. The second kappa shape index (κ2) is 3.30. The maximum absolute atomic E-state index is 8.21. The average molecular weight is 168 g/mol. The van der Waals surface area contributed by atoms with Crippen LogP contribution in [0.2, 0.25) is 0 Å². The van der Waals surface area contributed by atoms with Crippen LogP contribution < -0.4 is 0 Å². The van der Waals surface area contributed by atoms with Gasteiger partial charge in [-0.25, -0.2) is 0 Å². The molecule has 0 saturated carbocycles. The highest BCUT2D eigenvalue weighted by Crippen LogP contribution is 2.00. The topological polar surface area (TPSA) is 48.4 Å². The van der Waals surface area contributed by atoms with Gasteiger partial charge in [0.1, 0.15) is 4.64 Å². The number of rotatable bonds is 1. The van der Waals surface area contributed by atoms with Crippen molar-refractivity contribution in [2.45, 2.75) is 6.92 Å². The van der Waals surface area contributed by atoms with Crippen LogP contribution in [-0.2, 0) is 0 Å². The van der Waals surface area contributed by atoms with Crippen LogP contribution in [0.25, 0.3) is 0 Å². The third-order valence-electron chi connectivity index (χ3n) is 1.32. The minimum Gasteiger partial charge on any atom is -0.411 e. The highest BCUT2D eigenvalue weighted by atomic mass is 32.1. The molecular formula is C7H8N2OS. The molecule has 0 bridgehead atoms. The van der Waals surface area contributed by atoms with Crippen LogP contribution in [0.1, 0.15) is 11.1 Å². The van der Waals surface area contributed by atoms with Gasteiger partial charge in [0.15, 0.2) is 0 Å². The average Bonchev–Trinajstić information content (AvgIpc) is 1.98. The summed E-state index contributed by atoms with van der Waals surface area (Å²) in [5.41, 5.74) is 1.77. The summed E-state index contributed by atoms with van der Waals surface area (Å²) in [4.78, 5) is 2.87. The van der Waals surface area contributed by atoms with Crippen molar-refractivity contribution in [2.75, 3.05) is 0 Å². The molecule has 0 unspecified atom stereocenters. The molecule has 0 radical (unpaired) electrons. The smallest absolute Gasteiger partial charge is 0.106 e. The fourth-order valence-corrected chi connectivity index (χ4v) is 0.879. The Morgan fingerprint density at radius 3 is 3.00 bits per heavy atom. The minimum absolute atomic E-state index is 0.708. The van der Waals surface area contributed by atoms with Gasteiger partial charge in [-0.15, -0.1) is 0 Å². The summed E-state index contributed by atoms with van der Waals surface area (Å²) in [6.45, 7) is 1.90. The van der Waals surface area contributed by atoms with E-state index in [1.54, 1.807) is 6.20 Å². The Morgan fingerprint density at radius 2 is 2.45 bits per heavy atom. The molecule has 11 heavy (non-hydrogen) atoms. The number of nitrogens with one attached hydrogen (secondary N) is 1. The highest BCUT2D eigenvalue weighted by molar-refractivity contribution is 7.71. The molecule has 0 spiro atoms. The zero-order chi connectivity index (χ0) is 8.27. The highest BCUT2D eigenvalue weighted by Gasteiger charge is 1.90. The van der Waals surface area contributed by atoms with E-state index in [4.69, 9.17) is 17.4 Å². The van der Waals surface area contributed by atoms with Crippen molar-refractivity contribution in [3.63, 3.8) is 0 Å². The van der Waals surface area contributed by atoms with Crippen molar-refractivity contribution in [3.05, 3.63) is 28.0 Å². The fourth-order valence-electron chi connectivity index (χ4n) is 0.761. The van der Waals surface area contributed by atoms with Gasteiger partial charge in [-0.3, -0.25) is 0 Å². The van der Waals surface area contributed by atoms with Gasteiger partial charge >= 0.3 is 0 Å². The Kier molecular flexibility index (Phi) is 2.38. The van der Waals surface area contributed by atoms with Crippen molar-refractivity contribution < 1.29 is 5.21 Å². The number of nitrogens with zero attached hydrogens (tertiary/aromatic N) is 1. The predicted octanol–water partition coefficient (Wildman–Crippen LogP) is 1.86. The molecule has 0 aliphatic rings. The molecule has 1 aromatic heterocycles. The lowest BCUT2D eigenvalue weighted by atomic mass is 10.2. The molecular weight excluding hydrogens is 160 g/mol. The number of aryl methyl sites for hydroxylation is 1. The van der Waals surface area contributed by atoms with E-state index >= 15 is 0 Å². The van der Waals surface area contributed by atoms with E-state index in [0.717, 1.165) is 11.1 Å². The van der Waals surface area contributed by atoms with Crippen molar-refractivity contribution in [1.29, 1.82) is 0 Å². The summed E-state index contributed by atoms with van der Waals surface area (Å²) in [7, 11) is 0. The molecule has 58 valence electrons. The molecule has 0 aliphatic carbocycles. The molecule has 3 nitrogen and oxygen atoms in total. The molecule has 1 heterocycles. The molecule has 1 rings (SSSR count). The molecule has 0 amide bonds. The zero-order valence-electron chi connectivity index (χ0n) is 6.03. The molecule has 0 atom stereocenters. The van der Waals surface area contributed by atoms with E-state index < -0.39 is 0 Å². The molecule has 2 N–H and O–H groups in total. The van der Waals surface area contributed by atoms with Gasteiger partial charge in [-0.05, 0) is 18.6 Å². The number of pyridine rings is 1. The van der Waals surface area contributed by atoms with Crippen molar-refractivity contribution in [3.8, 4) is 0 Å². The van der Waals surface area contributed by atoms with Crippen molar-refractivity contribution in [1.82, 2.24) is 4.98 Å². The van der Waals surface area contributed by atoms with Gasteiger partial charge < -0.3 is 10.2 Å². The van der Waals surface area contributed by atoms with Crippen LogP contribution in [0.3, 0.4) is 0 Å².